The third kappa shape index (κ3) is 4.72. The van der Waals surface area contributed by atoms with Gasteiger partial charge in [-0.2, -0.15) is 0 Å². The van der Waals surface area contributed by atoms with Crippen LogP contribution in [0.25, 0.3) is 0 Å². The highest BCUT2D eigenvalue weighted by molar-refractivity contribution is 5.69. The molecule has 2 unspecified atom stereocenters. The van der Waals surface area contributed by atoms with Gasteiger partial charge in [-0.1, -0.05) is 6.07 Å². The van der Waals surface area contributed by atoms with Crippen LogP contribution in [0.4, 0.5) is 8.78 Å². The van der Waals surface area contributed by atoms with E-state index in [1.807, 2.05) is 18.9 Å². The zero-order valence-corrected chi connectivity index (χ0v) is 13.6. The van der Waals surface area contributed by atoms with E-state index in [1.54, 1.807) is 0 Å². The van der Waals surface area contributed by atoms with Gasteiger partial charge in [-0.15, -0.1) is 0 Å². The second-order valence-electron chi connectivity index (χ2n) is 6.27. The number of carboxylic acid groups (broad SMARTS) is 1. The van der Waals surface area contributed by atoms with Crippen LogP contribution in [0, 0.1) is 11.6 Å². The van der Waals surface area contributed by atoms with Crippen molar-refractivity contribution >= 4 is 5.97 Å². The predicted molar refractivity (Wildman–Crippen MR) is 84.3 cm³/mol. The lowest BCUT2D eigenvalue weighted by atomic mass is 10.1. The fraction of sp³-hybridized carbons (Fsp3) is 0.588. The van der Waals surface area contributed by atoms with Crippen LogP contribution in [-0.4, -0.2) is 53.6 Å². The van der Waals surface area contributed by atoms with Crippen LogP contribution in [0.2, 0.25) is 0 Å². The summed E-state index contributed by atoms with van der Waals surface area (Å²) in [5.74, 6) is -1.90. The highest BCUT2D eigenvalue weighted by atomic mass is 19.1. The topological polar surface area (TPSA) is 43.8 Å². The molecule has 2 rings (SSSR count). The van der Waals surface area contributed by atoms with Gasteiger partial charge in [0.15, 0.2) is 0 Å². The van der Waals surface area contributed by atoms with Crippen molar-refractivity contribution in [2.45, 2.75) is 38.3 Å². The van der Waals surface area contributed by atoms with Gasteiger partial charge in [0, 0.05) is 30.3 Å². The maximum absolute atomic E-state index is 14.0. The standard InChI is InChI=1S/C17H24F2N2O2/c1-12(15-6-5-13(18)10-16(15)19)21-8-3-4-14(7-9-21)20(2)11-17(22)23/h5-6,10,12,14H,3-4,7-9,11H2,1-2H3,(H,22,23). The Morgan fingerprint density at radius 2 is 2.13 bits per heavy atom. The van der Waals surface area contributed by atoms with Crippen molar-refractivity contribution < 1.29 is 18.7 Å². The largest absolute Gasteiger partial charge is 0.480 e. The quantitative estimate of drug-likeness (QED) is 0.903. The Morgan fingerprint density at radius 3 is 2.78 bits per heavy atom. The number of hydrogen-bond acceptors (Lipinski definition) is 3. The molecule has 0 radical (unpaired) electrons. The molecule has 1 aromatic rings. The fourth-order valence-electron chi connectivity index (χ4n) is 3.31. The summed E-state index contributed by atoms with van der Waals surface area (Å²) in [5, 5.41) is 8.90. The van der Waals surface area contributed by atoms with E-state index in [2.05, 4.69) is 4.90 Å². The Balaban J connectivity index is 2.00. The predicted octanol–water partition coefficient (Wildman–Crippen LogP) is 2.90. The van der Waals surface area contributed by atoms with E-state index in [0.717, 1.165) is 38.4 Å². The van der Waals surface area contributed by atoms with E-state index in [9.17, 15) is 13.6 Å². The molecule has 2 atom stereocenters. The molecule has 1 aliphatic rings. The SMILES string of the molecule is CC(c1ccc(F)cc1F)N1CCCC(N(C)CC(=O)O)CC1. The van der Waals surface area contributed by atoms with Crippen LogP contribution >= 0.6 is 0 Å². The summed E-state index contributed by atoms with van der Waals surface area (Å²) in [4.78, 5) is 14.9. The number of hydrogen-bond donors (Lipinski definition) is 1. The van der Waals surface area contributed by atoms with E-state index < -0.39 is 17.6 Å². The number of halogens is 2. The van der Waals surface area contributed by atoms with Gasteiger partial charge in [0.25, 0.3) is 0 Å². The van der Waals surface area contributed by atoms with Gasteiger partial charge in [0.05, 0.1) is 6.54 Å². The first-order chi connectivity index (χ1) is 10.9. The van der Waals surface area contributed by atoms with Crippen molar-refractivity contribution in [3.05, 3.63) is 35.4 Å². The molecule has 6 heteroatoms. The van der Waals surface area contributed by atoms with Gasteiger partial charge < -0.3 is 5.11 Å². The summed E-state index contributed by atoms with van der Waals surface area (Å²) in [6.45, 7) is 3.56. The van der Waals surface area contributed by atoms with E-state index in [4.69, 9.17) is 5.11 Å². The zero-order chi connectivity index (χ0) is 17.0. The lowest BCUT2D eigenvalue weighted by Crippen LogP contribution is -2.37. The van der Waals surface area contributed by atoms with Gasteiger partial charge in [-0.05, 0) is 45.8 Å². The summed E-state index contributed by atoms with van der Waals surface area (Å²) >= 11 is 0. The zero-order valence-electron chi connectivity index (χ0n) is 13.6. The first kappa shape index (κ1) is 17.8. The molecule has 0 spiro atoms. The number of nitrogens with zero attached hydrogens (tertiary/aromatic N) is 2. The number of carboxylic acids is 1. The molecule has 1 aliphatic heterocycles. The molecule has 1 saturated heterocycles. The first-order valence-corrected chi connectivity index (χ1v) is 7.99. The number of likely N-dealkylation sites (N-methyl/N-ethyl adjacent to an activating group) is 1. The van der Waals surface area contributed by atoms with E-state index in [-0.39, 0.29) is 18.6 Å². The molecule has 0 amide bonds. The van der Waals surface area contributed by atoms with E-state index in [1.165, 1.54) is 12.1 Å². The lowest BCUT2D eigenvalue weighted by molar-refractivity contribution is -0.138. The monoisotopic (exact) mass is 326 g/mol. The smallest absolute Gasteiger partial charge is 0.317 e. The highest BCUT2D eigenvalue weighted by Gasteiger charge is 2.25. The van der Waals surface area contributed by atoms with Crippen LogP contribution in [0.15, 0.2) is 18.2 Å². The normalized spacial score (nSPS) is 21.2. The highest BCUT2D eigenvalue weighted by Crippen LogP contribution is 2.27. The number of benzene rings is 1. The Kier molecular flexibility index (Phi) is 6.07. The third-order valence-electron chi connectivity index (χ3n) is 4.70. The molecule has 4 nitrogen and oxygen atoms in total. The van der Waals surface area contributed by atoms with Crippen molar-refractivity contribution in [2.24, 2.45) is 0 Å². The van der Waals surface area contributed by atoms with Gasteiger partial charge in [-0.3, -0.25) is 14.6 Å². The average molecular weight is 326 g/mol. The number of likely N-dealkylation sites (tertiary alicyclic amines) is 1. The second kappa shape index (κ2) is 7.84. The Bertz CT molecular complexity index is 553. The van der Waals surface area contributed by atoms with Gasteiger partial charge in [0.2, 0.25) is 0 Å². The van der Waals surface area contributed by atoms with Crippen molar-refractivity contribution in [2.75, 3.05) is 26.7 Å². The molecular formula is C17H24F2N2O2. The van der Waals surface area contributed by atoms with Crippen LogP contribution in [0.5, 0.6) is 0 Å². The number of rotatable bonds is 5. The molecule has 1 heterocycles. The van der Waals surface area contributed by atoms with Crippen LogP contribution < -0.4 is 0 Å². The maximum atomic E-state index is 14.0. The maximum Gasteiger partial charge on any atom is 0.317 e. The number of aliphatic carboxylic acids is 1. The van der Waals surface area contributed by atoms with E-state index >= 15 is 0 Å². The molecule has 23 heavy (non-hydrogen) atoms. The third-order valence-corrected chi connectivity index (χ3v) is 4.70. The van der Waals surface area contributed by atoms with Crippen LogP contribution in [0.3, 0.4) is 0 Å². The van der Waals surface area contributed by atoms with Crippen molar-refractivity contribution in [3.63, 3.8) is 0 Å². The molecule has 1 aromatic carbocycles. The Hall–Kier alpha value is -1.53. The van der Waals surface area contributed by atoms with Crippen molar-refractivity contribution in [1.82, 2.24) is 9.80 Å². The molecular weight excluding hydrogens is 302 g/mol. The summed E-state index contributed by atoms with van der Waals surface area (Å²) in [6, 6.07) is 3.82. The van der Waals surface area contributed by atoms with E-state index in [0.29, 0.717) is 5.56 Å². The Labute approximate surface area is 135 Å². The minimum absolute atomic E-state index is 0.0345. The average Bonchev–Trinajstić information content (AvgIpc) is 2.71. The summed E-state index contributed by atoms with van der Waals surface area (Å²) < 4.78 is 27.0. The first-order valence-electron chi connectivity index (χ1n) is 7.99. The van der Waals surface area contributed by atoms with Gasteiger partial charge >= 0.3 is 5.97 Å². The lowest BCUT2D eigenvalue weighted by Gasteiger charge is -2.29. The molecule has 0 aliphatic carbocycles. The fourth-order valence-corrected chi connectivity index (χ4v) is 3.31. The van der Waals surface area contributed by atoms with Crippen LogP contribution in [0.1, 0.15) is 37.8 Å². The minimum atomic E-state index is -0.824. The Morgan fingerprint density at radius 1 is 1.39 bits per heavy atom. The molecule has 0 bridgehead atoms. The second-order valence-corrected chi connectivity index (χ2v) is 6.27. The van der Waals surface area contributed by atoms with Crippen molar-refractivity contribution in [3.8, 4) is 0 Å². The summed E-state index contributed by atoms with van der Waals surface area (Å²) in [7, 11) is 1.83. The molecule has 128 valence electrons. The molecule has 0 saturated carbocycles. The molecule has 0 aromatic heterocycles. The molecule has 1 fully saturated rings. The number of carbonyl (C=O) groups is 1. The summed E-state index contributed by atoms with van der Waals surface area (Å²) in [5.41, 5.74) is 0.503. The van der Waals surface area contributed by atoms with Crippen molar-refractivity contribution in [1.29, 1.82) is 0 Å². The minimum Gasteiger partial charge on any atom is -0.480 e. The summed E-state index contributed by atoms with van der Waals surface area (Å²) in [6.07, 6.45) is 2.71. The molecule has 1 N–H and O–H groups in total. The van der Waals surface area contributed by atoms with Gasteiger partial charge in [-0.25, -0.2) is 8.78 Å². The van der Waals surface area contributed by atoms with Crippen LogP contribution in [-0.2, 0) is 4.79 Å². The van der Waals surface area contributed by atoms with Gasteiger partial charge in [0.1, 0.15) is 11.6 Å².